The lowest BCUT2D eigenvalue weighted by Crippen LogP contribution is -2.05. The van der Waals surface area contributed by atoms with Gasteiger partial charge in [-0.1, -0.05) is 0 Å². The normalized spacial score (nSPS) is 10.6. The highest BCUT2D eigenvalue weighted by molar-refractivity contribution is 6.13. The molecule has 0 aliphatic heterocycles. The number of benzene rings is 6. The lowest BCUT2D eigenvalue weighted by atomic mass is 9.95. The maximum absolute atomic E-state index is 10.5. The lowest BCUT2D eigenvalue weighted by Gasteiger charge is -2.21. The molecule has 0 aliphatic rings. The SMILES string of the molecule is N#Cc1cc(C#N)cc(-c2c(-n3c4ccc(C#N)cc4c4cc(C#N)ccc43)cc(C#N)cc2-n2c3ccc(C#N)cc3c3cc(C#N)ccc32)c1. The van der Waals surface area contributed by atoms with Crippen LogP contribution in [0.2, 0.25) is 0 Å². The monoisotopic (exact) mass is 659 g/mol. The smallest absolute Gasteiger partial charge is 0.0993 e. The van der Waals surface area contributed by atoms with Crippen molar-refractivity contribution in [3.63, 3.8) is 0 Å². The number of aromatic nitrogens is 2. The van der Waals surface area contributed by atoms with Crippen LogP contribution in [0.4, 0.5) is 0 Å². The van der Waals surface area contributed by atoms with Crippen LogP contribution in [-0.2, 0) is 0 Å². The van der Waals surface area contributed by atoms with Gasteiger partial charge in [-0.25, -0.2) is 0 Å². The molecule has 0 saturated carbocycles. The van der Waals surface area contributed by atoms with Crippen molar-refractivity contribution in [2.24, 2.45) is 0 Å². The van der Waals surface area contributed by atoms with E-state index in [4.69, 9.17) is 0 Å². The molecule has 234 valence electrons. The van der Waals surface area contributed by atoms with Crippen molar-refractivity contribution in [3.05, 3.63) is 142 Å². The van der Waals surface area contributed by atoms with Crippen LogP contribution in [0.15, 0.2) is 103 Å². The van der Waals surface area contributed by atoms with Crippen LogP contribution in [0.5, 0.6) is 0 Å². The summed E-state index contributed by atoms with van der Waals surface area (Å²) in [6.45, 7) is 0. The third-order valence-corrected chi connectivity index (χ3v) is 9.23. The maximum atomic E-state index is 10.5. The van der Waals surface area contributed by atoms with Crippen LogP contribution in [-0.4, -0.2) is 9.13 Å². The summed E-state index contributed by atoms with van der Waals surface area (Å²) < 4.78 is 3.93. The van der Waals surface area contributed by atoms with Gasteiger partial charge in [-0.05, 0) is 109 Å². The van der Waals surface area contributed by atoms with E-state index >= 15 is 0 Å². The van der Waals surface area contributed by atoms with Crippen molar-refractivity contribution < 1.29 is 0 Å². The van der Waals surface area contributed by atoms with E-state index in [1.807, 2.05) is 33.4 Å². The first-order valence-corrected chi connectivity index (χ1v) is 15.7. The summed E-state index contributed by atoms with van der Waals surface area (Å²) in [7, 11) is 0. The molecule has 8 aromatic rings. The Morgan fingerprint density at radius 3 is 0.885 bits per heavy atom. The van der Waals surface area contributed by atoms with Gasteiger partial charge in [0.25, 0.3) is 0 Å². The highest BCUT2D eigenvalue weighted by Crippen LogP contribution is 2.43. The second-order valence-electron chi connectivity index (χ2n) is 12.1. The fourth-order valence-corrected chi connectivity index (χ4v) is 7.07. The van der Waals surface area contributed by atoms with E-state index in [2.05, 4.69) is 42.5 Å². The first-order valence-electron chi connectivity index (χ1n) is 15.7. The van der Waals surface area contributed by atoms with Gasteiger partial charge in [-0.3, -0.25) is 0 Å². The second kappa shape index (κ2) is 11.8. The number of fused-ring (bicyclic) bond motifs is 6. The van der Waals surface area contributed by atoms with Crippen LogP contribution in [0.25, 0.3) is 66.1 Å². The molecule has 0 unspecified atom stereocenters. The molecular formula is C43H17N9. The summed E-state index contributed by atoms with van der Waals surface area (Å²) in [5.41, 5.74) is 7.52. The van der Waals surface area contributed by atoms with Crippen molar-refractivity contribution in [1.29, 1.82) is 36.8 Å². The molecule has 0 aliphatic carbocycles. The predicted octanol–water partition coefficient (Wildman–Crippen LogP) is 8.65. The molecule has 2 heterocycles. The van der Waals surface area contributed by atoms with Crippen LogP contribution in [0, 0.1) is 79.3 Å². The Labute approximate surface area is 295 Å². The molecule has 0 radical (unpaired) electrons. The van der Waals surface area contributed by atoms with Gasteiger partial charge in [0.15, 0.2) is 0 Å². The van der Waals surface area contributed by atoms with Gasteiger partial charge < -0.3 is 9.13 Å². The molecule has 0 spiro atoms. The van der Waals surface area contributed by atoms with Gasteiger partial charge in [0.2, 0.25) is 0 Å². The molecule has 0 fully saturated rings. The van der Waals surface area contributed by atoms with E-state index in [1.165, 1.54) is 6.07 Å². The molecular weight excluding hydrogens is 643 g/mol. The fourth-order valence-electron chi connectivity index (χ4n) is 7.07. The van der Waals surface area contributed by atoms with Gasteiger partial charge >= 0.3 is 0 Å². The van der Waals surface area contributed by atoms with Gasteiger partial charge in [0.1, 0.15) is 0 Å². The third kappa shape index (κ3) is 4.57. The topological polar surface area (TPSA) is 176 Å². The largest absolute Gasteiger partial charge is 0.308 e. The van der Waals surface area contributed by atoms with Crippen molar-refractivity contribution in [1.82, 2.24) is 9.13 Å². The van der Waals surface area contributed by atoms with Crippen molar-refractivity contribution in [2.45, 2.75) is 0 Å². The summed E-state index contributed by atoms with van der Waals surface area (Å²) >= 11 is 0. The van der Waals surface area contributed by atoms with Gasteiger partial charge in [0, 0.05) is 27.1 Å². The van der Waals surface area contributed by atoms with E-state index in [0.29, 0.717) is 72.4 Å². The summed E-state index contributed by atoms with van der Waals surface area (Å²) in [6, 6.07) is 45.0. The van der Waals surface area contributed by atoms with Gasteiger partial charge in [-0.2, -0.15) is 36.8 Å². The minimum absolute atomic E-state index is 0.259. The molecule has 52 heavy (non-hydrogen) atoms. The Morgan fingerprint density at radius 1 is 0.308 bits per heavy atom. The number of rotatable bonds is 3. The summed E-state index contributed by atoms with van der Waals surface area (Å²) in [4.78, 5) is 0. The van der Waals surface area contributed by atoms with Gasteiger partial charge in [0.05, 0.1) is 115 Å². The minimum Gasteiger partial charge on any atom is -0.308 e. The molecule has 0 atom stereocenters. The molecule has 9 nitrogen and oxygen atoms in total. The van der Waals surface area contributed by atoms with Crippen LogP contribution < -0.4 is 0 Å². The van der Waals surface area contributed by atoms with Crippen molar-refractivity contribution in [2.75, 3.05) is 0 Å². The maximum Gasteiger partial charge on any atom is 0.0993 e. The second-order valence-corrected chi connectivity index (χ2v) is 12.1. The summed E-state index contributed by atoms with van der Waals surface area (Å²) in [5.74, 6) is 0. The predicted molar refractivity (Wildman–Crippen MR) is 194 cm³/mol. The zero-order chi connectivity index (χ0) is 36.1. The van der Waals surface area contributed by atoms with Crippen molar-refractivity contribution >= 4 is 43.6 Å². The third-order valence-electron chi connectivity index (χ3n) is 9.23. The number of hydrogen-bond acceptors (Lipinski definition) is 7. The van der Waals surface area contributed by atoms with E-state index in [-0.39, 0.29) is 11.1 Å². The Kier molecular flexibility index (Phi) is 6.96. The number of hydrogen-bond donors (Lipinski definition) is 0. The van der Waals surface area contributed by atoms with E-state index in [0.717, 1.165) is 21.5 Å². The number of nitriles is 7. The first kappa shape index (κ1) is 30.7. The molecule has 0 bridgehead atoms. The zero-order valence-electron chi connectivity index (χ0n) is 26.8. The average molecular weight is 660 g/mol. The molecule has 9 heteroatoms. The highest BCUT2D eigenvalue weighted by Gasteiger charge is 2.24. The Balaban J connectivity index is 1.63. The molecule has 0 N–H and O–H groups in total. The quantitative estimate of drug-likeness (QED) is 0.182. The Morgan fingerprint density at radius 2 is 0.596 bits per heavy atom. The standard InChI is InChI=1S/C43H17N9/c44-18-25-1-5-37-33(12-25)34-13-26(19-45)2-6-38(34)51(37)41-16-31(24-50)17-42(43(41)32-10-29(22-48)9-30(11-32)23-49)52-39-7-3-27(20-46)14-35(39)36-15-28(21-47)4-8-40(36)52/h1-17H. The van der Waals surface area contributed by atoms with Crippen molar-refractivity contribution in [3.8, 4) is 65.0 Å². The van der Waals surface area contributed by atoms with Crippen LogP contribution >= 0.6 is 0 Å². The molecule has 6 aromatic carbocycles. The molecule has 8 rings (SSSR count). The molecule has 0 saturated heterocycles. The summed E-state index contributed by atoms with van der Waals surface area (Å²) in [6.07, 6.45) is 0. The Hall–Kier alpha value is -8.65. The number of nitrogens with zero attached hydrogens (tertiary/aromatic N) is 9. The van der Waals surface area contributed by atoms with Crippen LogP contribution in [0.3, 0.4) is 0 Å². The lowest BCUT2D eigenvalue weighted by molar-refractivity contribution is 1.13. The van der Waals surface area contributed by atoms with E-state index in [9.17, 15) is 36.8 Å². The van der Waals surface area contributed by atoms with E-state index in [1.54, 1.807) is 72.8 Å². The first-order chi connectivity index (χ1) is 25.4. The average Bonchev–Trinajstić information content (AvgIpc) is 3.70. The highest BCUT2D eigenvalue weighted by atomic mass is 15.0. The minimum atomic E-state index is 0.259. The fraction of sp³-hybridized carbons (Fsp3) is 0. The summed E-state index contributed by atoms with van der Waals surface area (Å²) in [5, 5.41) is 72.7. The van der Waals surface area contributed by atoms with E-state index < -0.39 is 0 Å². The van der Waals surface area contributed by atoms with Gasteiger partial charge in [-0.15, -0.1) is 0 Å². The Bertz CT molecular complexity index is 2870. The zero-order valence-corrected chi connectivity index (χ0v) is 26.8. The molecule has 0 amide bonds. The molecule has 2 aromatic heterocycles. The van der Waals surface area contributed by atoms with Crippen LogP contribution in [0.1, 0.15) is 38.9 Å².